The fraction of sp³-hybridized carbons (Fsp3) is 0.800. The highest BCUT2D eigenvalue weighted by Crippen LogP contribution is 2.32. The molecular weight excluding hydrogens is 227 g/mol. The fourth-order valence-electron chi connectivity index (χ4n) is 1.78. The van der Waals surface area contributed by atoms with E-state index in [1.165, 1.54) is 0 Å². The Morgan fingerprint density at radius 3 is 2.67 bits per heavy atom. The van der Waals surface area contributed by atoms with Gasteiger partial charge >= 0.3 is 6.18 Å². The number of likely N-dealkylation sites (tertiary alicyclic amines) is 1. The first-order valence-corrected chi connectivity index (χ1v) is 5.57. The zero-order chi connectivity index (χ0) is 11.3. The molecule has 0 bridgehead atoms. The lowest BCUT2D eigenvalue weighted by Crippen LogP contribution is -2.41. The van der Waals surface area contributed by atoms with E-state index in [2.05, 4.69) is 0 Å². The molecule has 0 radical (unpaired) electrons. The summed E-state index contributed by atoms with van der Waals surface area (Å²) in [5, 5.41) is 0. The van der Waals surface area contributed by atoms with Crippen molar-refractivity contribution in [2.75, 3.05) is 25.5 Å². The van der Waals surface area contributed by atoms with Crippen LogP contribution in [0.4, 0.5) is 13.2 Å². The van der Waals surface area contributed by atoms with E-state index in [1.807, 2.05) is 11.0 Å². The molecule has 0 aliphatic carbocycles. The zero-order valence-corrected chi connectivity index (χ0v) is 9.19. The number of hydrogen-bond acceptors (Lipinski definition) is 1. The molecule has 0 saturated carbocycles. The Balaban J connectivity index is 2.39. The summed E-state index contributed by atoms with van der Waals surface area (Å²) in [7, 11) is 0. The van der Waals surface area contributed by atoms with Crippen molar-refractivity contribution in [2.45, 2.75) is 19.0 Å². The van der Waals surface area contributed by atoms with Crippen molar-refractivity contribution in [3.05, 3.63) is 12.2 Å². The Morgan fingerprint density at radius 1 is 1.33 bits per heavy atom. The summed E-state index contributed by atoms with van der Waals surface area (Å²) in [6.45, 7) is 1.44. The van der Waals surface area contributed by atoms with Crippen LogP contribution in [0.5, 0.6) is 0 Å². The number of hydrogen-bond donors (Lipinski definition) is 0. The van der Waals surface area contributed by atoms with E-state index in [4.69, 9.17) is 11.6 Å². The molecule has 1 saturated heterocycles. The Bertz CT molecular complexity index is 215. The molecule has 0 N–H and O–H groups in total. The van der Waals surface area contributed by atoms with E-state index in [1.54, 1.807) is 6.08 Å². The van der Waals surface area contributed by atoms with E-state index in [0.29, 0.717) is 18.8 Å². The van der Waals surface area contributed by atoms with Gasteiger partial charge < -0.3 is 0 Å². The number of rotatable bonds is 3. The number of alkyl halides is 4. The predicted octanol–water partition coefficient (Wildman–Crippen LogP) is 3.06. The highest BCUT2D eigenvalue weighted by molar-refractivity contribution is 6.18. The summed E-state index contributed by atoms with van der Waals surface area (Å²) < 4.78 is 37.3. The normalized spacial score (nSPS) is 24.9. The number of halogens is 4. The van der Waals surface area contributed by atoms with Crippen LogP contribution in [0.2, 0.25) is 0 Å². The minimum absolute atomic E-state index is 0.121. The second kappa shape index (κ2) is 5.75. The molecule has 5 heteroatoms. The molecule has 15 heavy (non-hydrogen) atoms. The maximum absolute atomic E-state index is 12.4. The lowest BCUT2D eigenvalue weighted by molar-refractivity contribution is -0.186. The Morgan fingerprint density at radius 2 is 2.07 bits per heavy atom. The highest BCUT2D eigenvalue weighted by Gasteiger charge is 2.41. The minimum atomic E-state index is -4.05. The zero-order valence-electron chi connectivity index (χ0n) is 8.43. The van der Waals surface area contributed by atoms with E-state index in [0.717, 1.165) is 6.54 Å². The van der Waals surface area contributed by atoms with E-state index < -0.39 is 12.1 Å². The van der Waals surface area contributed by atoms with Crippen LogP contribution < -0.4 is 0 Å². The summed E-state index contributed by atoms with van der Waals surface area (Å²) in [5.74, 6) is -0.744. The maximum Gasteiger partial charge on any atom is 0.393 e. The van der Waals surface area contributed by atoms with E-state index >= 15 is 0 Å². The van der Waals surface area contributed by atoms with Gasteiger partial charge in [0.2, 0.25) is 0 Å². The van der Waals surface area contributed by atoms with Crippen LogP contribution in [0.25, 0.3) is 0 Å². The quantitative estimate of drug-likeness (QED) is 0.542. The molecule has 0 spiro atoms. The largest absolute Gasteiger partial charge is 0.393 e. The summed E-state index contributed by atoms with van der Waals surface area (Å²) in [6, 6.07) is 0. The molecule has 1 aliphatic heterocycles. The van der Waals surface area contributed by atoms with Crippen molar-refractivity contribution in [1.82, 2.24) is 4.90 Å². The van der Waals surface area contributed by atoms with Crippen molar-refractivity contribution >= 4 is 11.6 Å². The lowest BCUT2D eigenvalue weighted by atomic mass is 9.97. The van der Waals surface area contributed by atoms with E-state index in [-0.39, 0.29) is 13.0 Å². The molecular formula is C10H15ClF3N. The van der Waals surface area contributed by atoms with Gasteiger partial charge in [-0.3, -0.25) is 4.90 Å². The SMILES string of the molecule is FC(F)(F)C1CCCN(CC=CCCl)C1. The lowest BCUT2D eigenvalue weighted by Gasteiger charge is -2.32. The van der Waals surface area contributed by atoms with Gasteiger partial charge in [0.15, 0.2) is 0 Å². The van der Waals surface area contributed by atoms with Gasteiger partial charge in [-0.2, -0.15) is 13.2 Å². The van der Waals surface area contributed by atoms with Crippen molar-refractivity contribution in [3.8, 4) is 0 Å². The number of allylic oxidation sites excluding steroid dienone is 1. The molecule has 1 rings (SSSR count). The van der Waals surface area contributed by atoms with Gasteiger partial charge in [-0.15, -0.1) is 11.6 Å². The first-order chi connectivity index (χ1) is 7.04. The monoisotopic (exact) mass is 241 g/mol. The average molecular weight is 242 g/mol. The number of piperidine rings is 1. The molecule has 1 nitrogen and oxygen atoms in total. The van der Waals surface area contributed by atoms with Gasteiger partial charge in [-0.05, 0) is 19.4 Å². The standard InChI is InChI=1S/C10H15ClF3N/c11-5-1-2-6-15-7-3-4-9(8-15)10(12,13)14/h1-2,9H,3-8H2. The Hall–Kier alpha value is -0.220. The Kier molecular flexibility index (Phi) is 4.93. The third kappa shape index (κ3) is 4.43. The molecule has 0 aromatic carbocycles. The van der Waals surface area contributed by atoms with E-state index in [9.17, 15) is 13.2 Å². The average Bonchev–Trinajstić information content (AvgIpc) is 2.17. The fourth-order valence-corrected chi connectivity index (χ4v) is 1.90. The Labute approximate surface area is 92.9 Å². The molecule has 88 valence electrons. The minimum Gasteiger partial charge on any atom is -0.299 e. The van der Waals surface area contributed by atoms with Gasteiger partial charge in [-0.1, -0.05) is 12.2 Å². The molecule has 1 aliphatic rings. The highest BCUT2D eigenvalue weighted by atomic mass is 35.5. The predicted molar refractivity (Wildman–Crippen MR) is 55.1 cm³/mol. The second-order valence-electron chi connectivity index (χ2n) is 3.77. The van der Waals surface area contributed by atoms with Crippen LogP contribution in [0.15, 0.2) is 12.2 Å². The molecule has 1 heterocycles. The topological polar surface area (TPSA) is 3.24 Å². The van der Waals surface area contributed by atoms with Crippen LogP contribution in [0, 0.1) is 5.92 Å². The summed E-state index contributed by atoms with van der Waals surface area (Å²) in [4.78, 5) is 1.82. The summed E-state index contributed by atoms with van der Waals surface area (Å²) >= 11 is 5.44. The molecule has 0 aromatic heterocycles. The van der Waals surface area contributed by atoms with Gasteiger partial charge in [0, 0.05) is 19.0 Å². The van der Waals surface area contributed by atoms with Crippen LogP contribution in [-0.4, -0.2) is 36.6 Å². The first-order valence-electron chi connectivity index (χ1n) is 5.04. The van der Waals surface area contributed by atoms with Gasteiger partial charge in [-0.25, -0.2) is 0 Å². The van der Waals surface area contributed by atoms with Crippen LogP contribution in [0.3, 0.4) is 0 Å². The van der Waals surface area contributed by atoms with Crippen molar-refractivity contribution in [2.24, 2.45) is 5.92 Å². The van der Waals surface area contributed by atoms with Gasteiger partial charge in [0.25, 0.3) is 0 Å². The maximum atomic E-state index is 12.4. The van der Waals surface area contributed by atoms with Gasteiger partial charge in [0.05, 0.1) is 5.92 Å². The third-order valence-corrected chi connectivity index (χ3v) is 2.77. The smallest absolute Gasteiger partial charge is 0.299 e. The second-order valence-corrected chi connectivity index (χ2v) is 4.07. The molecule has 0 aromatic rings. The summed E-state index contributed by atoms with van der Waals surface area (Å²) in [6.07, 6.45) is 0.428. The molecule has 1 fully saturated rings. The third-order valence-electron chi connectivity index (χ3n) is 2.59. The van der Waals surface area contributed by atoms with Gasteiger partial charge in [0.1, 0.15) is 0 Å². The first kappa shape index (κ1) is 12.8. The van der Waals surface area contributed by atoms with Crippen LogP contribution in [-0.2, 0) is 0 Å². The number of nitrogens with zero attached hydrogens (tertiary/aromatic N) is 1. The van der Waals surface area contributed by atoms with Crippen LogP contribution in [0.1, 0.15) is 12.8 Å². The molecule has 1 unspecified atom stereocenters. The molecule has 0 amide bonds. The van der Waals surface area contributed by atoms with Crippen molar-refractivity contribution in [3.63, 3.8) is 0 Å². The molecule has 1 atom stereocenters. The van der Waals surface area contributed by atoms with Crippen LogP contribution >= 0.6 is 11.6 Å². The van der Waals surface area contributed by atoms with Crippen molar-refractivity contribution < 1.29 is 13.2 Å². The van der Waals surface area contributed by atoms with Crippen molar-refractivity contribution in [1.29, 1.82) is 0 Å². The summed E-state index contributed by atoms with van der Waals surface area (Å²) in [5.41, 5.74) is 0.